The van der Waals surface area contributed by atoms with Crippen molar-refractivity contribution in [2.24, 2.45) is 5.41 Å². The first-order chi connectivity index (χ1) is 11.6. The third kappa shape index (κ3) is 4.15. The second kappa shape index (κ2) is 7.64. The highest BCUT2D eigenvalue weighted by Gasteiger charge is 2.45. The molecule has 2 saturated heterocycles. The van der Waals surface area contributed by atoms with E-state index in [0.29, 0.717) is 26.2 Å². The van der Waals surface area contributed by atoms with Gasteiger partial charge in [0.05, 0.1) is 19.8 Å². The maximum Gasteiger partial charge on any atom is 0.223 e. The summed E-state index contributed by atoms with van der Waals surface area (Å²) in [6.45, 7) is 8.33. The van der Waals surface area contributed by atoms with Crippen LogP contribution in [-0.4, -0.2) is 68.8 Å². The van der Waals surface area contributed by atoms with Gasteiger partial charge >= 0.3 is 0 Å². The number of ether oxygens (including phenoxy) is 2. The van der Waals surface area contributed by atoms with Crippen LogP contribution in [-0.2, 0) is 20.8 Å². The van der Waals surface area contributed by atoms with Crippen LogP contribution in [0.3, 0.4) is 0 Å². The van der Waals surface area contributed by atoms with E-state index in [0.717, 1.165) is 32.8 Å². The molecule has 1 aromatic carbocycles. The Kier molecular flexibility index (Phi) is 5.54. The SMILES string of the molecule is COCCN1C[C@@]2(COCCN(Cc3cccc(C)c3)C2)CC1=O. The van der Waals surface area contributed by atoms with E-state index >= 15 is 0 Å². The first-order valence-electron chi connectivity index (χ1n) is 8.73. The van der Waals surface area contributed by atoms with Crippen molar-refractivity contribution in [1.82, 2.24) is 9.80 Å². The summed E-state index contributed by atoms with van der Waals surface area (Å²) < 4.78 is 11.0. The quantitative estimate of drug-likeness (QED) is 0.823. The van der Waals surface area contributed by atoms with Gasteiger partial charge in [-0.1, -0.05) is 29.8 Å². The number of hydrogen-bond acceptors (Lipinski definition) is 4. The lowest BCUT2D eigenvalue weighted by atomic mass is 9.87. The molecule has 5 nitrogen and oxygen atoms in total. The largest absolute Gasteiger partial charge is 0.383 e. The van der Waals surface area contributed by atoms with Crippen LogP contribution in [0.1, 0.15) is 17.5 Å². The Balaban J connectivity index is 1.67. The molecule has 0 bridgehead atoms. The predicted octanol–water partition coefficient (Wildman–Crippen LogP) is 1.69. The summed E-state index contributed by atoms with van der Waals surface area (Å²) in [6, 6.07) is 8.65. The lowest BCUT2D eigenvalue weighted by Crippen LogP contribution is -2.40. The molecule has 132 valence electrons. The van der Waals surface area contributed by atoms with Crippen LogP contribution >= 0.6 is 0 Å². The van der Waals surface area contributed by atoms with Crippen molar-refractivity contribution in [3.8, 4) is 0 Å². The number of amides is 1. The highest BCUT2D eigenvalue weighted by Crippen LogP contribution is 2.34. The third-order valence-electron chi connectivity index (χ3n) is 4.98. The number of carbonyl (C=O) groups excluding carboxylic acids is 1. The summed E-state index contributed by atoms with van der Waals surface area (Å²) in [4.78, 5) is 16.7. The van der Waals surface area contributed by atoms with Crippen LogP contribution in [0.2, 0.25) is 0 Å². The van der Waals surface area contributed by atoms with E-state index in [1.807, 2.05) is 4.90 Å². The zero-order valence-corrected chi connectivity index (χ0v) is 14.8. The average Bonchev–Trinajstić information content (AvgIpc) is 2.72. The fourth-order valence-electron chi connectivity index (χ4n) is 3.87. The molecule has 0 saturated carbocycles. The lowest BCUT2D eigenvalue weighted by molar-refractivity contribution is -0.128. The molecule has 2 aliphatic heterocycles. The van der Waals surface area contributed by atoms with Crippen LogP contribution in [0.15, 0.2) is 24.3 Å². The van der Waals surface area contributed by atoms with Crippen molar-refractivity contribution in [3.63, 3.8) is 0 Å². The average molecular weight is 332 g/mol. The topological polar surface area (TPSA) is 42.0 Å². The second-order valence-corrected chi connectivity index (χ2v) is 7.24. The van der Waals surface area contributed by atoms with Crippen molar-refractivity contribution < 1.29 is 14.3 Å². The van der Waals surface area contributed by atoms with Crippen molar-refractivity contribution in [3.05, 3.63) is 35.4 Å². The summed E-state index contributed by atoms with van der Waals surface area (Å²) in [5.41, 5.74) is 2.54. The zero-order valence-electron chi connectivity index (χ0n) is 14.8. The van der Waals surface area contributed by atoms with Crippen molar-refractivity contribution in [1.29, 1.82) is 0 Å². The molecule has 24 heavy (non-hydrogen) atoms. The Morgan fingerprint density at radius 3 is 3.00 bits per heavy atom. The second-order valence-electron chi connectivity index (χ2n) is 7.24. The highest BCUT2D eigenvalue weighted by molar-refractivity contribution is 5.79. The van der Waals surface area contributed by atoms with E-state index in [2.05, 4.69) is 36.1 Å². The van der Waals surface area contributed by atoms with Crippen molar-refractivity contribution in [2.45, 2.75) is 19.9 Å². The van der Waals surface area contributed by atoms with E-state index in [1.165, 1.54) is 11.1 Å². The molecule has 0 radical (unpaired) electrons. The number of benzene rings is 1. The van der Waals surface area contributed by atoms with Crippen LogP contribution < -0.4 is 0 Å². The monoisotopic (exact) mass is 332 g/mol. The van der Waals surface area contributed by atoms with Gasteiger partial charge < -0.3 is 14.4 Å². The van der Waals surface area contributed by atoms with E-state index in [4.69, 9.17) is 9.47 Å². The van der Waals surface area contributed by atoms with Crippen LogP contribution in [0.5, 0.6) is 0 Å². The minimum absolute atomic E-state index is 0.0782. The fourth-order valence-corrected chi connectivity index (χ4v) is 3.87. The molecule has 2 aliphatic rings. The van der Waals surface area contributed by atoms with Crippen molar-refractivity contribution in [2.75, 3.05) is 53.1 Å². The molecular formula is C19H28N2O3. The third-order valence-corrected chi connectivity index (χ3v) is 4.98. The van der Waals surface area contributed by atoms with Crippen LogP contribution in [0.4, 0.5) is 0 Å². The first kappa shape index (κ1) is 17.4. The summed E-state index contributed by atoms with van der Waals surface area (Å²) in [6.07, 6.45) is 0.584. The molecule has 0 aliphatic carbocycles. The number of nitrogens with zero attached hydrogens (tertiary/aromatic N) is 2. The Morgan fingerprint density at radius 2 is 2.21 bits per heavy atom. The van der Waals surface area contributed by atoms with Gasteiger partial charge in [-0.3, -0.25) is 9.69 Å². The van der Waals surface area contributed by atoms with Gasteiger partial charge in [0.1, 0.15) is 0 Å². The minimum Gasteiger partial charge on any atom is -0.383 e. The minimum atomic E-state index is -0.0782. The molecule has 5 heteroatoms. The molecule has 1 spiro atoms. The number of rotatable bonds is 5. The summed E-state index contributed by atoms with van der Waals surface area (Å²) in [5, 5.41) is 0. The number of hydrogen-bond donors (Lipinski definition) is 0. The van der Waals surface area contributed by atoms with Gasteiger partial charge in [0, 0.05) is 51.7 Å². The molecule has 2 fully saturated rings. The normalized spacial score (nSPS) is 25.4. The number of methoxy groups -OCH3 is 1. The van der Waals surface area contributed by atoms with E-state index in [9.17, 15) is 4.79 Å². The molecule has 0 N–H and O–H groups in total. The number of aryl methyl sites for hydroxylation is 1. The highest BCUT2D eigenvalue weighted by atomic mass is 16.5. The van der Waals surface area contributed by atoms with Gasteiger partial charge in [0.2, 0.25) is 5.91 Å². The molecule has 3 rings (SSSR count). The lowest BCUT2D eigenvalue weighted by Gasteiger charge is -2.31. The van der Waals surface area contributed by atoms with Crippen LogP contribution in [0.25, 0.3) is 0 Å². The van der Waals surface area contributed by atoms with E-state index < -0.39 is 0 Å². The van der Waals surface area contributed by atoms with Gasteiger partial charge in [-0.05, 0) is 12.5 Å². The van der Waals surface area contributed by atoms with E-state index in [1.54, 1.807) is 7.11 Å². The molecule has 1 atom stereocenters. The van der Waals surface area contributed by atoms with Crippen LogP contribution in [0, 0.1) is 12.3 Å². The summed E-state index contributed by atoms with van der Waals surface area (Å²) in [7, 11) is 1.68. The number of carbonyl (C=O) groups is 1. The standard InChI is InChI=1S/C19H28N2O3/c1-16-4-3-5-17(10-16)12-20-6-9-24-15-19(13-20)11-18(22)21(14-19)7-8-23-2/h3-5,10H,6-9,11-15H2,1-2H3/t19-/m1/s1. The molecular weight excluding hydrogens is 304 g/mol. The fraction of sp³-hybridized carbons (Fsp3) is 0.632. The van der Waals surface area contributed by atoms with E-state index in [-0.39, 0.29) is 11.3 Å². The van der Waals surface area contributed by atoms with Gasteiger partial charge in [-0.25, -0.2) is 0 Å². The molecule has 1 amide bonds. The first-order valence-corrected chi connectivity index (χ1v) is 8.73. The summed E-state index contributed by atoms with van der Waals surface area (Å²) in [5.74, 6) is 0.230. The smallest absolute Gasteiger partial charge is 0.223 e. The Hall–Kier alpha value is -1.43. The summed E-state index contributed by atoms with van der Waals surface area (Å²) >= 11 is 0. The van der Waals surface area contributed by atoms with Gasteiger partial charge in [0.15, 0.2) is 0 Å². The maximum atomic E-state index is 12.4. The number of likely N-dealkylation sites (tertiary alicyclic amines) is 1. The molecule has 0 aromatic heterocycles. The zero-order chi connectivity index (χ0) is 17.0. The van der Waals surface area contributed by atoms with Gasteiger partial charge in [-0.2, -0.15) is 0 Å². The Morgan fingerprint density at radius 1 is 1.33 bits per heavy atom. The predicted molar refractivity (Wildman–Crippen MR) is 92.8 cm³/mol. The Bertz CT molecular complexity index is 577. The van der Waals surface area contributed by atoms with Crippen molar-refractivity contribution >= 4 is 5.91 Å². The maximum absolute atomic E-state index is 12.4. The Labute approximate surface area is 144 Å². The molecule has 1 aromatic rings. The van der Waals surface area contributed by atoms with Gasteiger partial charge in [-0.15, -0.1) is 0 Å². The van der Waals surface area contributed by atoms with Gasteiger partial charge in [0.25, 0.3) is 0 Å². The molecule has 0 unspecified atom stereocenters. The molecule has 2 heterocycles.